The minimum Gasteiger partial charge on any atom is -0.436 e. The molecule has 1 aromatic carbocycles. The summed E-state index contributed by atoms with van der Waals surface area (Å²) in [6, 6.07) is 6.16. The van der Waals surface area contributed by atoms with Crippen LogP contribution < -0.4 is 0 Å². The van der Waals surface area contributed by atoms with Crippen LogP contribution in [0.5, 0.6) is 0 Å². The number of aryl methyl sites for hydroxylation is 1. The molecule has 106 valence electrons. The lowest BCUT2D eigenvalue weighted by Crippen LogP contribution is -2.29. The molecule has 0 fully saturated rings. The number of hydrogen-bond acceptors (Lipinski definition) is 3. The molecule has 0 saturated heterocycles. The maximum absolute atomic E-state index is 5.88. The van der Waals surface area contributed by atoms with Gasteiger partial charge in [-0.2, -0.15) is 0 Å². The van der Waals surface area contributed by atoms with Crippen molar-refractivity contribution in [3.8, 4) is 0 Å². The smallest absolute Gasteiger partial charge is 0.222 e. The Bertz CT molecular complexity index is 627. The highest BCUT2D eigenvalue weighted by molar-refractivity contribution is 5.76. The second kappa shape index (κ2) is 5.80. The first-order chi connectivity index (χ1) is 9.76. The van der Waals surface area contributed by atoms with E-state index in [1.165, 1.54) is 30.5 Å². The maximum Gasteiger partial charge on any atom is 0.222 e. The van der Waals surface area contributed by atoms with Gasteiger partial charge in [0.2, 0.25) is 5.89 Å². The largest absolute Gasteiger partial charge is 0.436 e. The lowest BCUT2D eigenvalue weighted by Gasteiger charge is -2.24. The molecule has 1 aliphatic heterocycles. The predicted octanol–water partition coefficient (Wildman–Crippen LogP) is 4.03. The van der Waals surface area contributed by atoms with Crippen molar-refractivity contribution in [3.63, 3.8) is 0 Å². The van der Waals surface area contributed by atoms with Gasteiger partial charge in [0.15, 0.2) is 5.58 Å². The summed E-state index contributed by atoms with van der Waals surface area (Å²) in [5.41, 5.74) is 4.33. The second-order valence-electron chi connectivity index (χ2n) is 5.62. The zero-order valence-electron chi connectivity index (χ0n) is 12.4. The van der Waals surface area contributed by atoms with Crippen molar-refractivity contribution < 1.29 is 4.42 Å². The standard InChI is InChI=1S/C17H22N2O/c1-3-4-9-19-10-7-14(8-11-19)17-18-15-12-13(2)5-6-16(15)20-17/h5-7,12H,3-4,8-11H2,1-2H3. The van der Waals surface area contributed by atoms with Crippen LogP contribution in [0, 0.1) is 6.92 Å². The summed E-state index contributed by atoms with van der Waals surface area (Å²) < 4.78 is 5.88. The minimum absolute atomic E-state index is 0.806. The normalized spacial score (nSPS) is 16.6. The molecule has 1 aromatic heterocycles. The number of hydrogen-bond donors (Lipinski definition) is 0. The first kappa shape index (κ1) is 13.4. The Hall–Kier alpha value is -1.61. The van der Waals surface area contributed by atoms with Crippen LogP contribution in [0.25, 0.3) is 16.7 Å². The molecule has 0 radical (unpaired) electrons. The predicted molar refractivity (Wildman–Crippen MR) is 82.7 cm³/mol. The molecule has 2 heterocycles. The number of aromatic nitrogens is 1. The van der Waals surface area contributed by atoms with Gasteiger partial charge in [-0.1, -0.05) is 25.5 Å². The maximum atomic E-state index is 5.88. The van der Waals surface area contributed by atoms with Gasteiger partial charge >= 0.3 is 0 Å². The van der Waals surface area contributed by atoms with Crippen LogP contribution in [0.15, 0.2) is 28.7 Å². The van der Waals surface area contributed by atoms with Gasteiger partial charge in [-0.15, -0.1) is 0 Å². The number of rotatable bonds is 4. The van der Waals surface area contributed by atoms with Crippen molar-refractivity contribution in [1.29, 1.82) is 0 Å². The van der Waals surface area contributed by atoms with Crippen LogP contribution in [-0.2, 0) is 0 Å². The molecule has 0 spiro atoms. The van der Waals surface area contributed by atoms with Gasteiger partial charge in [0.25, 0.3) is 0 Å². The fourth-order valence-electron chi connectivity index (χ4n) is 2.67. The van der Waals surface area contributed by atoms with Gasteiger partial charge in [0.1, 0.15) is 5.52 Å². The van der Waals surface area contributed by atoms with E-state index in [-0.39, 0.29) is 0 Å². The lowest BCUT2D eigenvalue weighted by molar-refractivity contribution is 0.295. The number of oxazole rings is 1. The van der Waals surface area contributed by atoms with E-state index in [0.717, 1.165) is 36.5 Å². The Kier molecular flexibility index (Phi) is 3.88. The lowest BCUT2D eigenvalue weighted by atomic mass is 10.1. The van der Waals surface area contributed by atoms with Gasteiger partial charge in [0.05, 0.1) is 0 Å². The molecule has 0 bridgehead atoms. The molecule has 0 amide bonds. The first-order valence-electron chi connectivity index (χ1n) is 7.55. The van der Waals surface area contributed by atoms with E-state index in [2.05, 4.69) is 41.9 Å². The van der Waals surface area contributed by atoms with Gasteiger partial charge in [-0.3, -0.25) is 4.90 Å². The molecule has 3 nitrogen and oxygen atoms in total. The summed E-state index contributed by atoms with van der Waals surface area (Å²) in [5, 5.41) is 0. The van der Waals surface area contributed by atoms with E-state index >= 15 is 0 Å². The molecule has 0 unspecified atom stereocenters. The molecule has 2 aromatic rings. The molecular formula is C17H22N2O. The Morgan fingerprint density at radius 1 is 1.35 bits per heavy atom. The fourth-order valence-corrected chi connectivity index (χ4v) is 2.67. The topological polar surface area (TPSA) is 29.3 Å². The van der Waals surface area contributed by atoms with E-state index in [1.807, 2.05) is 6.07 Å². The number of nitrogens with zero attached hydrogens (tertiary/aromatic N) is 2. The molecule has 20 heavy (non-hydrogen) atoms. The third kappa shape index (κ3) is 2.78. The van der Waals surface area contributed by atoms with E-state index in [1.54, 1.807) is 0 Å². The molecule has 3 heteroatoms. The Morgan fingerprint density at radius 2 is 2.25 bits per heavy atom. The van der Waals surface area contributed by atoms with Crippen molar-refractivity contribution in [1.82, 2.24) is 9.88 Å². The molecule has 0 atom stereocenters. The minimum atomic E-state index is 0.806. The molecule has 1 aliphatic rings. The highest BCUT2D eigenvalue weighted by atomic mass is 16.3. The van der Waals surface area contributed by atoms with Gasteiger partial charge in [-0.25, -0.2) is 4.98 Å². The van der Waals surface area contributed by atoms with E-state index < -0.39 is 0 Å². The summed E-state index contributed by atoms with van der Waals surface area (Å²) >= 11 is 0. The van der Waals surface area contributed by atoms with E-state index in [9.17, 15) is 0 Å². The fraction of sp³-hybridized carbons (Fsp3) is 0.471. The van der Waals surface area contributed by atoms with Crippen molar-refractivity contribution in [3.05, 3.63) is 35.7 Å². The van der Waals surface area contributed by atoms with Crippen LogP contribution in [0.1, 0.15) is 37.6 Å². The summed E-state index contributed by atoms with van der Waals surface area (Å²) in [6.45, 7) is 7.66. The number of benzene rings is 1. The van der Waals surface area contributed by atoms with Crippen LogP contribution in [0.4, 0.5) is 0 Å². The summed E-state index contributed by atoms with van der Waals surface area (Å²) in [7, 11) is 0. The van der Waals surface area contributed by atoms with Crippen molar-refractivity contribution >= 4 is 16.7 Å². The van der Waals surface area contributed by atoms with E-state index in [4.69, 9.17) is 4.42 Å². The van der Waals surface area contributed by atoms with Gasteiger partial charge < -0.3 is 4.42 Å². The van der Waals surface area contributed by atoms with Crippen LogP contribution in [0.2, 0.25) is 0 Å². The average Bonchev–Trinajstić information content (AvgIpc) is 2.88. The van der Waals surface area contributed by atoms with Crippen LogP contribution in [0.3, 0.4) is 0 Å². The number of unbranched alkanes of at least 4 members (excludes halogenated alkanes) is 1. The van der Waals surface area contributed by atoms with Crippen LogP contribution >= 0.6 is 0 Å². The SMILES string of the molecule is CCCCN1CC=C(c2nc3cc(C)ccc3o2)CC1. The van der Waals surface area contributed by atoms with Crippen molar-refractivity contribution in [2.24, 2.45) is 0 Å². The quantitative estimate of drug-likeness (QED) is 0.840. The third-order valence-electron chi connectivity index (χ3n) is 3.94. The first-order valence-corrected chi connectivity index (χ1v) is 7.55. The average molecular weight is 270 g/mol. The van der Waals surface area contributed by atoms with Crippen LogP contribution in [-0.4, -0.2) is 29.5 Å². The number of fused-ring (bicyclic) bond motifs is 1. The second-order valence-corrected chi connectivity index (χ2v) is 5.62. The Labute approximate surface area is 120 Å². The zero-order valence-corrected chi connectivity index (χ0v) is 12.4. The van der Waals surface area contributed by atoms with Gasteiger partial charge in [0, 0.05) is 18.7 Å². The summed E-state index contributed by atoms with van der Waals surface area (Å²) in [5.74, 6) is 0.806. The highest BCUT2D eigenvalue weighted by Crippen LogP contribution is 2.26. The van der Waals surface area contributed by atoms with E-state index in [0.29, 0.717) is 0 Å². The Balaban J connectivity index is 1.76. The molecule has 0 saturated carbocycles. The molecule has 3 rings (SSSR count). The Morgan fingerprint density at radius 3 is 3.00 bits per heavy atom. The van der Waals surface area contributed by atoms with Gasteiger partial charge in [-0.05, 0) is 44.0 Å². The molecule has 0 N–H and O–H groups in total. The summed E-state index contributed by atoms with van der Waals surface area (Å²) in [4.78, 5) is 7.13. The highest BCUT2D eigenvalue weighted by Gasteiger charge is 2.16. The van der Waals surface area contributed by atoms with Crippen molar-refractivity contribution in [2.45, 2.75) is 33.1 Å². The molecule has 0 aliphatic carbocycles. The van der Waals surface area contributed by atoms with Crippen molar-refractivity contribution in [2.75, 3.05) is 19.6 Å². The molecular weight excluding hydrogens is 248 g/mol. The monoisotopic (exact) mass is 270 g/mol. The summed E-state index contributed by atoms with van der Waals surface area (Å²) in [6.07, 6.45) is 5.86. The zero-order chi connectivity index (χ0) is 13.9. The third-order valence-corrected chi connectivity index (χ3v) is 3.94.